The van der Waals surface area contributed by atoms with E-state index in [-0.39, 0.29) is 24.2 Å². The molecule has 0 aliphatic rings. The molecule has 7 nitrogen and oxygen atoms in total. The maximum atomic E-state index is 12.3. The number of aliphatic hydroxyl groups is 1. The number of carbonyl (C=O) groups excluding carboxylic acids is 2. The van der Waals surface area contributed by atoms with Crippen molar-refractivity contribution in [2.45, 2.75) is 71.8 Å². The van der Waals surface area contributed by atoms with E-state index in [0.717, 1.165) is 5.56 Å². The number of ether oxygens (including phenoxy) is 1. The predicted octanol–water partition coefficient (Wildman–Crippen LogP) is 2.39. The lowest BCUT2D eigenvalue weighted by molar-refractivity contribution is 0.0336. The van der Waals surface area contributed by atoms with Gasteiger partial charge in [0.05, 0.1) is 11.6 Å². The fraction of sp³-hybridized carbons (Fsp3) is 0.611. The number of hydrogen-bond donors (Lipinski definition) is 3. The van der Waals surface area contributed by atoms with Crippen LogP contribution in [0.15, 0.2) is 18.3 Å². The molecule has 1 atom stereocenters. The Kier molecular flexibility index (Phi) is 6.93. The minimum Gasteiger partial charge on any atom is -0.444 e. The largest absolute Gasteiger partial charge is 0.444 e. The van der Waals surface area contributed by atoms with E-state index in [9.17, 15) is 14.7 Å². The van der Waals surface area contributed by atoms with Gasteiger partial charge in [-0.15, -0.1) is 0 Å². The quantitative estimate of drug-likeness (QED) is 0.730. The van der Waals surface area contributed by atoms with Gasteiger partial charge in [0.15, 0.2) is 0 Å². The molecule has 0 aliphatic heterocycles. The lowest BCUT2D eigenvalue weighted by Crippen LogP contribution is -2.49. The fourth-order valence-electron chi connectivity index (χ4n) is 2.21. The lowest BCUT2D eigenvalue weighted by Gasteiger charge is -2.29. The number of pyridine rings is 1. The molecule has 2 amide bonds. The van der Waals surface area contributed by atoms with Crippen LogP contribution in [-0.2, 0) is 11.3 Å². The van der Waals surface area contributed by atoms with E-state index in [0.29, 0.717) is 6.42 Å². The van der Waals surface area contributed by atoms with Gasteiger partial charge in [0.25, 0.3) is 5.91 Å². The van der Waals surface area contributed by atoms with Gasteiger partial charge in [-0.1, -0.05) is 6.92 Å². The number of nitrogens with one attached hydrogen (secondary N) is 2. The topological polar surface area (TPSA) is 101 Å². The first-order chi connectivity index (χ1) is 11.4. The molecule has 0 bridgehead atoms. The molecule has 0 fully saturated rings. The highest BCUT2D eigenvalue weighted by Crippen LogP contribution is 2.13. The summed E-state index contributed by atoms with van der Waals surface area (Å²) in [4.78, 5) is 28.1. The lowest BCUT2D eigenvalue weighted by atomic mass is 9.96. The van der Waals surface area contributed by atoms with E-state index in [4.69, 9.17) is 4.74 Å². The predicted molar refractivity (Wildman–Crippen MR) is 95.2 cm³/mol. The van der Waals surface area contributed by atoms with Gasteiger partial charge in [-0.2, -0.15) is 0 Å². The van der Waals surface area contributed by atoms with Crippen LogP contribution in [0.25, 0.3) is 0 Å². The number of amides is 2. The summed E-state index contributed by atoms with van der Waals surface area (Å²) in [5, 5.41) is 15.5. The summed E-state index contributed by atoms with van der Waals surface area (Å²) in [6.07, 6.45) is 1.57. The van der Waals surface area contributed by atoms with Crippen molar-refractivity contribution in [1.29, 1.82) is 0 Å². The smallest absolute Gasteiger partial charge is 0.407 e. The van der Waals surface area contributed by atoms with Crippen molar-refractivity contribution in [1.82, 2.24) is 15.6 Å². The van der Waals surface area contributed by atoms with E-state index in [2.05, 4.69) is 15.6 Å². The molecule has 0 radical (unpaired) electrons. The van der Waals surface area contributed by atoms with Crippen molar-refractivity contribution in [3.63, 3.8) is 0 Å². The number of hydrogen-bond acceptors (Lipinski definition) is 5. The first-order valence-corrected chi connectivity index (χ1v) is 8.37. The second kappa shape index (κ2) is 8.29. The second-order valence-corrected chi connectivity index (χ2v) is 7.49. The second-order valence-electron chi connectivity index (χ2n) is 7.49. The van der Waals surface area contributed by atoms with E-state index < -0.39 is 17.3 Å². The summed E-state index contributed by atoms with van der Waals surface area (Å²) in [6.45, 7) is 10.8. The van der Waals surface area contributed by atoms with Gasteiger partial charge in [-0.25, -0.2) is 4.79 Å². The van der Waals surface area contributed by atoms with Crippen LogP contribution >= 0.6 is 0 Å². The molecule has 3 N–H and O–H groups in total. The summed E-state index contributed by atoms with van der Waals surface area (Å²) in [5.41, 5.74) is -0.645. The molecule has 1 heterocycles. The Morgan fingerprint density at radius 3 is 2.44 bits per heavy atom. The van der Waals surface area contributed by atoms with Gasteiger partial charge in [0, 0.05) is 12.7 Å². The van der Waals surface area contributed by atoms with Crippen molar-refractivity contribution >= 4 is 12.0 Å². The Morgan fingerprint density at radius 2 is 1.92 bits per heavy atom. The Hall–Kier alpha value is -2.15. The molecule has 0 saturated heterocycles. The summed E-state index contributed by atoms with van der Waals surface area (Å²) < 4.78 is 5.17. The summed E-state index contributed by atoms with van der Waals surface area (Å²) >= 11 is 0. The first kappa shape index (κ1) is 20.9. The number of rotatable bonds is 6. The SMILES string of the molecule is CCC(NC(=O)c1cc(CNC(=O)OC(C)(C)C)ccn1)C(C)(C)O. The molecule has 0 aliphatic carbocycles. The van der Waals surface area contributed by atoms with Crippen LogP contribution in [-0.4, -0.2) is 39.3 Å². The molecule has 0 saturated carbocycles. The minimum atomic E-state index is -1.03. The monoisotopic (exact) mass is 351 g/mol. The Bertz CT molecular complexity index is 603. The van der Waals surface area contributed by atoms with E-state index in [1.807, 2.05) is 6.92 Å². The van der Waals surface area contributed by atoms with E-state index >= 15 is 0 Å². The highest BCUT2D eigenvalue weighted by molar-refractivity contribution is 5.92. The van der Waals surface area contributed by atoms with E-state index in [1.165, 1.54) is 6.20 Å². The molecule has 1 rings (SSSR count). The standard InChI is InChI=1S/C18H29N3O4/c1-7-14(18(5,6)24)21-15(22)13-10-12(8-9-19-13)11-20-16(23)25-17(2,3)4/h8-10,14,24H,7,11H2,1-6H3,(H,20,23)(H,21,22). The van der Waals surface area contributed by atoms with Crippen LogP contribution in [0.1, 0.15) is 64.0 Å². The third kappa shape index (κ3) is 7.51. The number of aromatic nitrogens is 1. The third-order valence-electron chi connectivity index (χ3n) is 3.46. The van der Waals surface area contributed by atoms with Crippen molar-refractivity contribution in [2.75, 3.05) is 0 Å². The van der Waals surface area contributed by atoms with Crippen molar-refractivity contribution in [3.05, 3.63) is 29.6 Å². The molecule has 0 aromatic carbocycles. The van der Waals surface area contributed by atoms with Crippen LogP contribution < -0.4 is 10.6 Å². The van der Waals surface area contributed by atoms with Crippen LogP contribution in [0, 0.1) is 0 Å². The molecule has 0 spiro atoms. The molecule has 1 unspecified atom stereocenters. The maximum absolute atomic E-state index is 12.3. The number of nitrogens with zero attached hydrogens (tertiary/aromatic N) is 1. The summed E-state index contributed by atoms with van der Waals surface area (Å²) in [5.74, 6) is -0.368. The summed E-state index contributed by atoms with van der Waals surface area (Å²) in [6, 6.07) is 2.93. The van der Waals surface area contributed by atoms with Crippen molar-refractivity contribution in [3.8, 4) is 0 Å². The summed E-state index contributed by atoms with van der Waals surface area (Å²) in [7, 11) is 0. The van der Waals surface area contributed by atoms with Crippen LogP contribution in [0.3, 0.4) is 0 Å². The zero-order valence-corrected chi connectivity index (χ0v) is 15.8. The van der Waals surface area contributed by atoms with Crippen molar-refractivity contribution in [2.24, 2.45) is 0 Å². The van der Waals surface area contributed by atoms with Gasteiger partial charge >= 0.3 is 6.09 Å². The van der Waals surface area contributed by atoms with Gasteiger partial charge in [0.2, 0.25) is 0 Å². The number of carbonyl (C=O) groups is 2. The minimum absolute atomic E-state index is 0.223. The Morgan fingerprint density at radius 1 is 1.28 bits per heavy atom. The van der Waals surface area contributed by atoms with Gasteiger partial charge in [0.1, 0.15) is 11.3 Å². The van der Waals surface area contributed by atoms with Crippen LogP contribution in [0.5, 0.6) is 0 Å². The zero-order valence-electron chi connectivity index (χ0n) is 15.8. The molecular formula is C18H29N3O4. The Labute approximate surface area is 149 Å². The molecule has 140 valence electrons. The average Bonchev–Trinajstić information content (AvgIpc) is 2.47. The van der Waals surface area contributed by atoms with Gasteiger partial charge in [-0.05, 0) is 58.7 Å². The van der Waals surface area contributed by atoms with Crippen molar-refractivity contribution < 1.29 is 19.4 Å². The fourth-order valence-corrected chi connectivity index (χ4v) is 2.21. The van der Waals surface area contributed by atoms with Crippen LogP contribution in [0.2, 0.25) is 0 Å². The van der Waals surface area contributed by atoms with E-state index in [1.54, 1.807) is 46.8 Å². The third-order valence-corrected chi connectivity index (χ3v) is 3.46. The number of alkyl carbamates (subject to hydrolysis) is 1. The molecular weight excluding hydrogens is 322 g/mol. The molecule has 1 aromatic rings. The first-order valence-electron chi connectivity index (χ1n) is 8.37. The maximum Gasteiger partial charge on any atom is 0.407 e. The average molecular weight is 351 g/mol. The highest BCUT2D eigenvalue weighted by Gasteiger charge is 2.27. The van der Waals surface area contributed by atoms with Gasteiger partial charge < -0.3 is 20.5 Å². The Balaban J connectivity index is 2.71. The van der Waals surface area contributed by atoms with Gasteiger partial charge in [-0.3, -0.25) is 9.78 Å². The zero-order chi connectivity index (χ0) is 19.3. The molecule has 1 aromatic heterocycles. The van der Waals surface area contributed by atoms with Crippen LogP contribution in [0.4, 0.5) is 4.79 Å². The normalized spacial score (nSPS) is 13.1. The highest BCUT2D eigenvalue weighted by atomic mass is 16.6. The molecule has 25 heavy (non-hydrogen) atoms. The molecule has 7 heteroatoms.